The van der Waals surface area contributed by atoms with Crippen LogP contribution >= 0.6 is 0 Å². The molecule has 25 heavy (non-hydrogen) atoms. The quantitative estimate of drug-likeness (QED) is 0.842. The van der Waals surface area contributed by atoms with Crippen LogP contribution in [-0.4, -0.2) is 64.5 Å². The number of morpholine rings is 1. The summed E-state index contributed by atoms with van der Waals surface area (Å²) in [4.78, 5) is 21.9. The SMILES string of the molecule is O=C(c1cccnc1N1CCOCC1)N1CCC[C@H]1Cn1cccn1. The largest absolute Gasteiger partial charge is 0.378 e. The molecule has 2 aromatic heterocycles. The highest BCUT2D eigenvalue weighted by atomic mass is 16.5. The first-order chi connectivity index (χ1) is 12.3. The third-order valence-electron chi connectivity index (χ3n) is 4.92. The number of ether oxygens (including phenoxy) is 1. The summed E-state index contributed by atoms with van der Waals surface area (Å²) in [5.41, 5.74) is 0.691. The van der Waals surface area contributed by atoms with Crippen molar-refractivity contribution in [3.8, 4) is 0 Å². The zero-order valence-corrected chi connectivity index (χ0v) is 14.3. The predicted molar refractivity (Wildman–Crippen MR) is 93.6 cm³/mol. The molecule has 132 valence electrons. The van der Waals surface area contributed by atoms with Crippen LogP contribution in [-0.2, 0) is 11.3 Å². The summed E-state index contributed by atoms with van der Waals surface area (Å²) < 4.78 is 7.33. The van der Waals surface area contributed by atoms with E-state index in [1.165, 1.54) is 0 Å². The van der Waals surface area contributed by atoms with Gasteiger partial charge in [-0.15, -0.1) is 0 Å². The molecular weight excluding hydrogens is 318 g/mol. The third kappa shape index (κ3) is 3.37. The summed E-state index contributed by atoms with van der Waals surface area (Å²) in [6, 6.07) is 5.84. The molecule has 7 heteroatoms. The first-order valence-electron chi connectivity index (χ1n) is 8.89. The molecule has 0 aromatic carbocycles. The van der Waals surface area contributed by atoms with Gasteiger partial charge in [-0.25, -0.2) is 4.98 Å². The summed E-state index contributed by atoms with van der Waals surface area (Å²) in [6.07, 6.45) is 7.53. The highest BCUT2D eigenvalue weighted by molar-refractivity contribution is 5.99. The Kier molecular flexibility index (Phi) is 4.65. The topological polar surface area (TPSA) is 63.5 Å². The molecular formula is C18H23N5O2. The number of hydrogen-bond acceptors (Lipinski definition) is 5. The Labute approximate surface area is 147 Å². The van der Waals surface area contributed by atoms with Crippen molar-refractivity contribution < 1.29 is 9.53 Å². The highest BCUT2D eigenvalue weighted by Gasteiger charge is 2.32. The zero-order chi connectivity index (χ0) is 17.1. The van der Waals surface area contributed by atoms with E-state index in [9.17, 15) is 4.79 Å². The lowest BCUT2D eigenvalue weighted by Crippen LogP contribution is -2.41. The van der Waals surface area contributed by atoms with Gasteiger partial charge in [-0.3, -0.25) is 9.48 Å². The van der Waals surface area contributed by atoms with Gasteiger partial charge in [-0.1, -0.05) is 0 Å². The van der Waals surface area contributed by atoms with Crippen LogP contribution < -0.4 is 4.90 Å². The molecule has 1 atom stereocenters. The lowest BCUT2D eigenvalue weighted by molar-refractivity contribution is 0.0720. The minimum absolute atomic E-state index is 0.0734. The van der Waals surface area contributed by atoms with Crippen LogP contribution in [0.1, 0.15) is 23.2 Å². The van der Waals surface area contributed by atoms with Gasteiger partial charge >= 0.3 is 0 Å². The number of carbonyl (C=O) groups is 1. The maximum Gasteiger partial charge on any atom is 0.257 e. The molecule has 2 aliphatic rings. The van der Waals surface area contributed by atoms with Crippen LogP contribution in [0.3, 0.4) is 0 Å². The van der Waals surface area contributed by atoms with Crippen molar-refractivity contribution >= 4 is 11.7 Å². The Morgan fingerprint density at radius 3 is 2.88 bits per heavy atom. The van der Waals surface area contributed by atoms with Crippen molar-refractivity contribution in [2.24, 2.45) is 0 Å². The number of carbonyl (C=O) groups excluding carboxylic acids is 1. The van der Waals surface area contributed by atoms with Crippen molar-refractivity contribution in [3.05, 3.63) is 42.4 Å². The smallest absolute Gasteiger partial charge is 0.257 e. The molecule has 0 unspecified atom stereocenters. The second-order valence-corrected chi connectivity index (χ2v) is 6.50. The van der Waals surface area contributed by atoms with Crippen molar-refractivity contribution in [1.82, 2.24) is 19.7 Å². The number of rotatable bonds is 4. The summed E-state index contributed by atoms with van der Waals surface area (Å²) in [5, 5.41) is 4.28. The van der Waals surface area contributed by atoms with Crippen molar-refractivity contribution in [2.45, 2.75) is 25.4 Å². The van der Waals surface area contributed by atoms with E-state index in [1.807, 2.05) is 34.0 Å². The second kappa shape index (κ2) is 7.23. The molecule has 0 saturated carbocycles. The van der Waals surface area contributed by atoms with Gasteiger partial charge in [0.1, 0.15) is 5.82 Å². The summed E-state index contributed by atoms with van der Waals surface area (Å²) in [5.74, 6) is 0.852. The van der Waals surface area contributed by atoms with Gasteiger partial charge in [-0.2, -0.15) is 5.10 Å². The van der Waals surface area contributed by atoms with E-state index in [-0.39, 0.29) is 11.9 Å². The molecule has 0 radical (unpaired) electrons. The fraction of sp³-hybridized carbons (Fsp3) is 0.500. The molecule has 0 spiro atoms. The molecule has 4 rings (SSSR count). The van der Waals surface area contributed by atoms with Crippen LogP contribution in [0.2, 0.25) is 0 Å². The van der Waals surface area contributed by atoms with Gasteiger partial charge in [0.25, 0.3) is 5.91 Å². The standard InChI is InChI=1S/C18H23N5O2/c24-18(23-9-2-4-15(23)14-22-8-3-7-20-22)16-5-1-6-19-17(16)21-10-12-25-13-11-21/h1,3,5-8,15H,2,4,9-14H2/t15-/m0/s1. The van der Waals surface area contributed by atoms with Crippen molar-refractivity contribution in [2.75, 3.05) is 37.7 Å². The molecule has 0 bridgehead atoms. The maximum absolute atomic E-state index is 13.2. The highest BCUT2D eigenvalue weighted by Crippen LogP contribution is 2.25. The van der Waals surface area contributed by atoms with Crippen LogP contribution in [0, 0.1) is 0 Å². The lowest BCUT2D eigenvalue weighted by atomic mass is 10.1. The Morgan fingerprint density at radius 2 is 2.08 bits per heavy atom. The van der Waals surface area contributed by atoms with E-state index < -0.39 is 0 Å². The monoisotopic (exact) mass is 341 g/mol. The minimum atomic E-state index is 0.0734. The Morgan fingerprint density at radius 1 is 1.20 bits per heavy atom. The van der Waals surface area contributed by atoms with Gasteiger partial charge in [0.15, 0.2) is 0 Å². The number of likely N-dealkylation sites (tertiary alicyclic amines) is 1. The van der Waals surface area contributed by atoms with Crippen molar-refractivity contribution in [1.29, 1.82) is 0 Å². The Hall–Kier alpha value is -2.41. The predicted octanol–water partition coefficient (Wildman–Crippen LogP) is 1.42. The van der Waals surface area contributed by atoms with Crippen molar-refractivity contribution in [3.63, 3.8) is 0 Å². The molecule has 7 nitrogen and oxygen atoms in total. The normalized spacial score (nSPS) is 20.9. The number of amides is 1. The maximum atomic E-state index is 13.2. The lowest BCUT2D eigenvalue weighted by Gasteiger charge is -2.31. The number of pyridine rings is 1. The fourth-order valence-electron chi connectivity index (χ4n) is 3.66. The van der Waals surface area contributed by atoms with Crippen LogP contribution in [0.4, 0.5) is 5.82 Å². The van der Waals surface area contributed by atoms with Gasteiger partial charge in [0.2, 0.25) is 0 Å². The molecule has 1 amide bonds. The summed E-state index contributed by atoms with van der Waals surface area (Å²) in [7, 11) is 0. The number of aromatic nitrogens is 3. The van der Waals surface area contributed by atoms with Gasteiger partial charge in [0.05, 0.1) is 31.4 Å². The van der Waals surface area contributed by atoms with Gasteiger partial charge in [-0.05, 0) is 31.0 Å². The van der Waals surface area contributed by atoms with Gasteiger partial charge in [0, 0.05) is 38.2 Å². The zero-order valence-electron chi connectivity index (χ0n) is 14.3. The second-order valence-electron chi connectivity index (χ2n) is 6.50. The molecule has 2 aliphatic heterocycles. The van der Waals surface area contributed by atoms with E-state index in [4.69, 9.17) is 4.74 Å². The van der Waals surface area contributed by atoms with E-state index >= 15 is 0 Å². The molecule has 4 heterocycles. The van der Waals surface area contributed by atoms with E-state index in [0.29, 0.717) is 18.8 Å². The Bertz CT molecular complexity index is 712. The van der Waals surface area contributed by atoms with Crippen LogP contribution in [0.25, 0.3) is 0 Å². The van der Waals surface area contributed by atoms with E-state index in [0.717, 1.165) is 44.8 Å². The fourth-order valence-corrected chi connectivity index (χ4v) is 3.66. The first kappa shape index (κ1) is 16.1. The molecule has 2 aromatic rings. The Balaban J connectivity index is 1.55. The molecule has 2 saturated heterocycles. The molecule has 0 N–H and O–H groups in total. The summed E-state index contributed by atoms with van der Waals surface area (Å²) >= 11 is 0. The van der Waals surface area contributed by atoms with Gasteiger partial charge < -0.3 is 14.5 Å². The molecule has 0 aliphatic carbocycles. The van der Waals surface area contributed by atoms with E-state index in [2.05, 4.69) is 15.0 Å². The van der Waals surface area contributed by atoms with Crippen LogP contribution in [0.15, 0.2) is 36.8 Å². The average molecular weight is 341 g/mol. The minimum Gasteiger partial charge on any atom is -0.378 e. The third-order valence-corrected chi connectivity index (χ3v) is 4.92. The number of hydrogen-bond donors (Lipinski definition) is 0. The number of anilines is 1. The number of nitrogens with zero attached hydrogens (tertiary/aromatic N) is 5. The first-order valence-corrected chi connectivity index (χ1v) is 8.89. The van der Waals surface area contributed by atoms with E-state index in [1.54, 1.807) is 12.4 Å². The average Bonchev–Trinajstić information content (AvgIpc) is 3.34. The van der Waals surface area contributed by atoms with Crippen LogP contribution in [0.5, 0.6) is 0 Å². The summed E-state index contributed by atoms with van der Waals surface area (Å²) in [6.45, 7) is 4.43. The molecule has 2 fully saturated rings.